The van der Waals surface area contributed by atoms with E-state index in [1.807, 2.05) is 0 Å². The van der Waals surface area contributed by atoms with Gasteiger partial charge in [-0.15, -0.1) is 0 Å². The van der Waals surface area contributed by atoms with Crippen molar-refractivity contribution in [2.75, 3.05) is 33.2 Å². The number of Topliss-reactive ketones (excluding diaryl/α,β-unsaturated/α-hetero) is 1. The van der Waals surface area contributed by atoms with Crippen molar-refractivity contribution in [3.63, 3.8) is 0 Å². The number of rotatable bonds is 6. The van der Waals surface area contributed by atoms with Gasteiger partial charge in [-0.25, -0.2) is 0 Å². The molecule has 2 fully saturated rings. The molecule has 2 rings (SSSR count). The third-order valence-corrected chi connectivity index (χ3v) is 3.89. The lowest BCUT2D eigenvalue weighted by molar-refractivity contribution is -0.121. The molecule has 0 radical (unpaired) electrons. The van der Waals surface area contributed by atoms with Gasteiger partial charge in [-0.2, -0.15) is 0 Å². The van der Waals surface area contributed by atoms with Gasteiger partial charge in [-0.05, 0) is 45.8 Å². The van der Waals surface area contributed by atoms with Crippen molar-refractivity contribution < 1.29 is 4.79 Å². The van der Waals surface area contributed by atoms with E-state index in [1.54, 1.807) is 0 Å². The number of carbonyl (C=O) groups excluding carboxylic acids is 1. The molecule has 0 spiro atoms. The van der Waals surface area contributed by atoms with Crippen LogP contribution in [0.5, 0.6) is 0 Å². The quantitative estimate of drug-likeness (QED) is 0.681. The number of hydrogen-bond donors (Lipinski definition) is 0. The molecular weight excluding hydrogens is 200 g/mol. The van der Waals surface area contributed by atoms with Crippen molar-refractivity contribution in [3.8, 4) is 0 Å². The van der Waals surface area contributed by atoms with E-state index in [9.17, 15) is 4.79 Å². The van der Waals surface area contributed by atoms with Gasteiger partial charge >= 0.3 is 0 Å². The van der Waals surface area contributed by atoms with Crippen LogP contribution in [0.4, 0.5) is 0 Å². The number of ketones is 1. The third-order valence-electron chi connectivity index (χ3n) is 3.89. The fourth-order valence-corrected chi connectivity index (χ4v) is 2.74. The first-order chi connectivity index (χ1) is 7.70. The molecule has 0 amide bonds. The molecular formula is C13H24N2O. The Morgan fingerprint density at radius 3 is 2.75 bits per heavy atom. The second kappa shape index (κ2) is 5.28. The lowest BCUT2D eigenvalue weighted by Gasteiger charge is -2.27. The predicted octanol–water partition coefficient (Wildman–Crippen LogP) is 1.38. The Hall–Kier alpha value is -0.410. The predicted molar refractivity (Wildman–Crippen MR) is 65.5 cm³/mol. The highest BCUT2D eigenvalue weighted by molar-refractivity contribution is 5.84. The van der Waals surface area contributed by atoms with Gasteiger partial charge in [0.2, 0.25) is 0 Å². The summed E-state index contributed by atoms with van der Waals surface area (Å²) in [7, 11) is 2.09. The summed E-state index contributed by atoms with van der Waals surface area (Å²) in [5.74, 6) is 0.872. The molecule has 1 heterocycles. The van der Waals surface area contributed by atoms with Crippen LogP contribution in [0.1, 0.15) is 32.6 Å². The lowest BCUT2D eigenvalue weighted by atomic mass is 10.2. The highest BCUT2D eigenvalue weighted by Gasteiger charge is 2.31. The molecule has 1 saturated heterocycles. The summed E-state index contributed by atoms with van der Waals surface area (Å²) in [6.07, 6.45) is 4.90. The van der Waals surface area contributed by atoms with Crippen molar-refractivity contribution in [2.45, 2.75) is 38.6 Å². The van der Waals surface area contributed by atoms with Crippen LogP contribution in [-0.2, 0) is 4.79 Å². The van der Waals surface area contributed by atoms with E-state index in [0.717, 1.165) is 25.9 Å². The van der Waals surface area contributed by atoms with Gasteiger partial charge in [0.1, 0.15) is 5.78 Å². The molecule has 1 aliphatic heterocycles. The van der Waals surface area contributed by atoms with Crippen LogP contribution < -0.4 is 0 Å². The van der Waals surface area contributed by atoms with Gasteiger partial charge in [0.25, 0.3) is 0 Å². The number of likely N-dealkylation sites (N-methyl/N-ethyl adjacent to an activating group) is 2. The van der Waals surface area contributed by atoms with Crippen LogP contribution in [0.25, 0.3) is 0 Å². The Bertz CT molecular complexity index is 250. The van der Waals surface area contributed by atoms with Crippen molar-refractivity contribution in [2.24, 2.45) is 5.92 Å². The molecule has 0 N–H and O–H groups in total. The topological polar surface area (TPSA) is 23.6 Å². The maximum atomic E-state index is 11.7. The molecule has 2 aliphatic rings. The fourth-order valence-electron chi connectivity index (χ4n) is 2.74. The molecule has 0 aromatic carbocycles. The minimum absolute atomic E-state index is 0.410. The van der Waals surface area contributed by atoms with Crippen molar-refractivity contribution in [1.29, 1.82) is 0 Å². The zero-order valence-electron chi connectivity index (χ0n) is 10.6. The second-order valence-corrected chi connectivity index (χ2v) is 5.36. The lowest BCUT2D eigenvalue weighted by Crippen LogP contribution is -2.40. The van der Waals surface area contributed by atoms with Gasteiger partial charge in [0.05, 0.1) is 6.54 Å². The van der Waals surface area contributed by atoms with E-state index in [4.69, 9.17) is 0 Å². The molecule has 0 aromatic heterocycles. The number of hydrogen-bond acceptors (Lipinski definition) is 3. The van der Waals surface area contributed by atoms with Crippen LogP contribution in [0.15, 0.2) is 0 Å². The van der Waals surface area contributed by atoms with Gasteiger partial charge in [0, 0.05) is 18.5 Å². The monoisotopic (exact) mass is 224 g/mol. The average molecular weight is 224 g/mol. The summed E-state index contributed by atoms with van der Waals surface area (Å²) in [4.78, 5) is 16.4. The minimum atomic E-state index is 0.410. The van der Waals surface area contributed by atoms with E-state index >= 15 is 0 Å². The zero-order valence-corrected chi connectivity index (χ0v) is 10.6. The first-order valence-corrected chi connectivity index (χ1v) is 6.66. The Morgan fingerprint density at radius 2 is 2.12 bits per heavy atom. The van der Waals surface area contributed by atoms with Crippen molar-refractivity contribution >= 4 is 5.78 Å². The Kier molecular flexibility index (Phi) is 3.98. The maximum Gasteiger partial charge on any atom is 0.149 e. The third kappa shape index (κ3) is 3.05. The summed E-state index contributed by atoms with van der Waals surface area (Å²) in [5, 5.41) is 0. The fraction of sp³-hybridized carbons (Fsp3) is 0.923. The molecule has 1 saturated carbocycles. The number of likely N-dealkylation sites (tertiary alicyclic amines) is 1. The summed E-state index contributed by atoms with van der Waals surface area (Å²) in [5.41, 5.74) is 0. The number of carbonyl (C=O) groups is 1. The Labute approximate surface area is 98.8 Å². The van der Waals surface area contributed by atoms with E-state index < -0.39 is 0 Å². The van der Waals surface area contributed by atoms with Gasteiger partial charge in [-0.1, -0.05) is 6.92 Å². The van der Waals surface area contributed by atoms with Gasteiger partial charge in [-0.3, -0.25) is 14.6 Å². The summed E-state index contributed by atoms with van der Waals surface area (Å²) < 4.78 is 0. The summed E-state index contributed by atoms with van der Waals surface area (Å²) in [6, 6.07) is 0.682. The summed E-state index contributed by atoms with van der Waals surface area (Å²) >= 11 is 0. The first-order valence-electron chi connectivity index (χ1n) is 6.66. The van der Waals surface area contributed by atoms with Crippen LogP contribution >= 0.6 is 0 Å². The highest BCUT2D eigenvalue weighted by Crippen LogP contribution is 2.30. The van der Waals surface area contributed by atoms with E-state index in [0.29, 0.717) is 24.3 Å². The van der Waals surface area contributed by atoms with E-state index in [-0.39, 0.29) is 0 Å². The molecule has 3 nitrogen and oxygen atoms in total. The molecule has 1 atom stereocenters. The number of nitrogens with zero attached hydrogens (tertiary/aromatic N) is 2. The van der Waals surface area contributed by atoms with E-state index in [2.05, 4.69) is 23.8 Å². The highest BCUT2D eigenvalue weighted by atomic mass is 16.1. The average Bonchev–Trinajstić information content (AvgIpc) is 3.00. The smallest absolute Gasteiger partial charge is 0.149 e. The van der Waals surface area contributed by atoms with Crippen LogP contribution in [0.2, 0.25) is 0 Å². The maximum absolute atomic E-state index is 11.7. The van der Waals surface area contributed by atoms with E-state index in [1.165, 1.54) is 19.4 Å². The standard InChI is InChI=1S/C13H24N2O/c1-3-15-8-4-5-12(15)9-14(2)10-13(16)11-6-7-11/h11-12H,3-10H2,1-2H3. The molecule has 0 bridgehead atoms. The van der Waals surface area contributed by atoms with Crippen LogP contribution in [-0.4, -0.2) is 54.9 Å². The minimum Gasteiger partial charge on any atom is -0.299 e. The molecule has 1 aliphatic carbocycles. The van der Waals surface area contributed by atoms with Crippen LogP contribution in [0.3, 0.4) is 0 Å². The van der Waals surface area contributed by atoms with Crippen LogP contribution in [0, 0.1) is 5.92 Å². The molecule has 3 heteroatoms. The van der Waals surface area contributed by atoms with Gasteiger partial charge < -0.3 is 0 Å². The molecule has 16 heavy (non-hydrogen) atoms. The normalized spacial score (nSPS) is 26.6. The Balaban J connectivity index is 1.73. The van der Waals surface area contributed by atoms with Crippen molar-refractivity contribution in [1.82, 2.24) is 9.80 Å². The second-order valence-electron chi connectivity index (χ2n) is 5.36. The Morgan fingerprint density at radius 1 is 1.38 bits per heavy atom. The first kappa shape index (κ1) is 12.1. The largest absolute Gasteiger partial charge is 0.299 e. The molecule has 92 valence electrons. The van der Waals surface area contributed by atoms with Gasteiger partial charge in [0.15, 0.2) is 0 Å². The van der Waals surface area contributed by atoms with Crippen molar-refractivity contribution in [3.05, 3.63) is 0 Å². The SMILES string of the molecule is CCN1CCCC1CN(C)CC(=O)C1CC1. The summed E-state index contributed by atoms with van der Waals surface area (Å²) in [6.45, 7) is 6.35. The molecule has 1 unspecified atom stereocenters. The molecule has 0 aromatic rings. The zero-order chi connectivity index (χ0) is 11.5.